The van der Waals surface area contributed by atoms with Crippen LogP contribution in [0.2, 0.25) is 0 Å². The van der Waals surface area contributed by atoms with Gasteiger partial charge in [0.15, 0.2) is 0 Å². The van der Waals surface area contributed by atoms with Crippen LogP contribution in [0.25, 0.3) is 0 Å². The molecule has 1 aromatic carbocycles. The first-order valence-corrected chi connectivity index (χ1v) is 8.83. The summed E-state index contributed by atoms with van der Waals surface area (Å²) < 4.78 is 96.5. The maximum atomic E-state index is 13.8. The van der Waals surface area contributed by atoms with Gasteiger partial charge in [-0.1, -0.05) is 6.07 Å². The predicted molar refractivity (Wildman–Crippen MR) is 80.3 cm³/mol. The second kappa shape index (κ2) is 7.02. The topological polar surface area (TPSA) is 68.7 Å². The number of halogens is 5. The molecule has 2 aromatic rings. The van der Waals surface area contributed by atoms with Crippen molar-refractivity contribution >= 4 is 10.1 Å². The van der Waals surface area contributed by atoms with Crippen molar-refractivity contribution in [1.82, 2.24) is 10.0 Å². The highest BCUT2D eigenvalue weighted by atomic mass is 32.2. The Kier molecular flexibility index (Phi) is 5.06. The van der Waals surface area contributed by atoms with Crippen molar-refractivity contribution in [2.24, 2.45) is 0 Å². The zero-order valence-corrected chi connectivity index (χ0v) is 14.3. The maximum Gasteiger partial charge on any atom is 0.316 e. The molecule has 1 aromatic heterocycles. The van der Waals surface area contributed by atoms with Crippen molar-refractivity contribution in [3.05, 3.63) is 59.2 Å². The Balaban J connectivity index is 2.01. The van der Waals surface area contributed by atoms with Gasteiger partial charge in [-0.05, 0) is 12.1 Å². The molecule has 0 saturated carbocycles. The molecule has 0 bridgehead atoms. The Morgan fingerprint density at radius 2 is 1.67 bits per heavy atom. The van der Waals surface area contributed by atoms with Crippen LogP contribution in [-0.2, 0) is 15.0 Å². The lowest BCUT2D eigenvalue weighted by molar-refractivity contribution is -0.111. The summed E-state index contributed by atoms with van der Waals surface area (Å²) >= 11 is 0. The van der Waals surface area contributed by atoms with E-state index in [1.165, 1.54) is 19.3 Å². The molecule has 1 saturated heterocycles. The SMILES string of the molecule is CN1OCC(S(=O)(=O)Oc2c(F)c(F)c(F)c(F)c2F)C1c1ccccn1. The predicted octanol–water partition coefficient (Wildman–Crippen LogP) is 2.47. The van der Waals surface area contributed by atoms with E-state index >= 15 is 0 Å². The van der Waals surface area contributed by atoms with E-state index in [-0.39, 0.29) is 5.69 Å². The molecule has 1 aliphatic heterocycles. The fourth-order valence-corrected chi connectivity index (χ4v) is 3.96. The Bertz CT molecular complexity index is 945. The number of nitrogens with zero attached hydrogens (tertiary/aromatic N) is 2. The quantitative estimate of drug-likeness (QED) is 0.334. The molecule has 0 spiro atoms. The van der Waals surface area contributed by atoms with E-state index in [4.69, 9.17) is 4.84 Å². The van der Waals surface area contributed by atoms with Gasteiger partial charge < -0.3 is 4.18 Å². The molecule has 0 radical (unpaired) electrons. The minimum absolute atomic E-state index is 0.243. The molecule has 2 unspecified atom stereocenters. The van der Waals surface area contributed by atoms with E-state index in [9.17, 15) is 30.4 Å². The summed E-state index contributed by atoms with van der Waals surface area (Å²) in [5.74, 6) is -13.8. The minimum atomic E-state index is -4.88. The standard InChI is InChI=1S/C15H11F5N2O4S/c1-22-14(7-4-2-3-5-21-7)8(6-25-22)27(23,24)26-15-12(19)10(17)9(16)11(18)13(15)20/h2-5,8,14H,6H2,1H3. The third kappa shape index (κ3) is 3.35. The van der Waals surface area contributed by atoms with Gasteiger partial charge in [0, 0.05) is 13.2 Å². The van der Waals surface area contributed by atoms with Crippen LogP contribution in [-0.4, -0.2) is 37.4 Å². The number of pyridine rings is 1. The van der Waals surface area contributed by atoms with Gasteiger partial charge in [0.2, 0.25) is 34.8 Å². The number of hydrogen-bond acceptors (Lipinski definition) is 6. The molecule has 146 valence electrons. The van der Waals surface area contributed by atoms with E-state index in [1.807, 2.05) is 0 Å². The number of benzene rings is 1. The fourth-order valence-electron chi connectivity index (χ4n) is 2.60. The van der Waals surface area contributed by atoms with E-state index in [1.54, 1.807) is 12.1 Å². The van der Waals surface area contributed by atoms with Gasteiger partial charge in [0.1, 0.15) is 5.25 Å². The van der Waals surface area contributed by atoms with Crippen molar-refractivity contribution in [3.63, 3.8) is 0 Å². The number of aromatic nitrogens is 1. The van der Waals surface area contributed by atoms with Gasteiger partial charge in [-0.15, -0.1) is 0 Å². The molecule has 2 atom stereocenters. The van der Waals surface area contributed by atoms with E-state index in [2.05, 4.69) is 9.17 Å². The number of rotatable bonds is 4. The fraction of sp³-hybridized carbons (Fsp3) is 0.267. The second-order valence-electron chi connectivity index (χ2n) is 5.56. The van der Waals surface area contributed by atoms with Crippen molar-refractivity contribution in [2.45, 2.75) is 11.3 Å². The molecule has 0 amide bonds. The Morgan fingerprint density at radius 1 is 1.07 bits per heavy atom. The lowest BCUT2D eigenvalue weighted by atomic mass is 10.1. The van der Waals surface area contributed by atoms with E-state index in [0.29, 0.717) is 0 Å². The summed E-state index contributed by atoms with van der Waals surface area (Å²) in [5.41, 5.74) is 0.243. The summed E-state index contributed by atoms with van der Waals surface area (Å²) in [4.78, 5) is 9.12. The molecular weight excluding hydrogens is 399 g/mol. The van der Waals surface area contributed by atoms with Crippen molar-refractivity contribution in [2.75, 3.05) is 13.7 Å². The average molecular weight is 410 g/mol. The van der Waals surface area contributed by atoms with Crippen LogP contribution in [0.3, 0.4) is 0 Å². The van der Waals surface area contributed by atoms with Gasteiger partial charge >= 0.3 is 10.1 Å². The smallest absolute Gasteiger partial charge is 0.316 e. The van der Waals surface area contributed by atoms with Crippen molar-refractivity contribution in [3.8, 4) is 5.75 Å². The molecule has 0 N–H and O–H groups in total. The average Bonchev–Trinajstić information content (AvgIpc) is 3.05. The highest BCUT2D eigenvalue weighted by Gasteiger charge is 2.46. The van der Waals surface area contributed by atoms with Crippen LogP contribution in [0.1, 0.15) is 11.7 Å². The van der Waals surface area contributed by atoms with Gasteiger partial charge in [-0.3, -0.25) is 9.82 Å². The van der Waals surface area contributed by atoms with Gasteiger partial charge in [-0.25, -0.2) is 13.2 Å². The Labute approximate surface area is 150 Å². The Hall–Kier alpha value is -2.31. The molecule has 1 fully saturated rings. The molecular formula is C15H11F5N2O4S. The summed E-state index contributed by atoms with van der Waals surface area (Å²) in [6.07, 6.45) is 1.39. The first-order valence-electron chi connectivity index (χ1n) is 7.36. The summed E-state index contributed by atoms with van der Waals surface area (Å²) in [5, 5.41) is -0.390. The normalized spacial score (nSPS) is 20.8. The second-order valence-corrected chi connectivity index (χ2v) is 7.31. The highest BCUT2D eigenvalue weighted by molar-refractivity contribution is 7.87. The minimum Gasteiger partial charge on any atom is -0.376 e. The molecule has 27 heavy (non-hydrogen) atoms. The highest BCUT2D eigenvalue weighted by Crippen LogP contribution is 2.36. The third-order valence-electron chi connectivity index (χ3n) is 3.92. The van der Waals surface area contributed by atoms with Crippen LogP contribution >= 0.6 is 0 Å². The number of hydroxylamine groups is 2. The van der Waals surface area contributed by atoms with Crippen LogP contribution in [0.5, 0.6) is 5.75 Å². The lowest BCUT2D eigenvalue weighted by Crippen LogP contribution is -2.34. The monoisotopic (exact) mass is 410 g/mol. The molecule has 6 nitrogen and oxygen atoms in total. The molecule has 1 aliphatic rings. The largest absolute Gasteiger partial charge is 0.376 e. The Morgan fingerprint density at radius 3 is 2.22 bits per heavy atom. The molecule has 12 heteroatoms. The lowest BCUT2D eigenvalue weighted by Gasteiger charge is -2.21. The van der Waals surface area contributed by atoms with Crippen LogP contribution in [0, 0.1) is 29.1 Å². The molecule has 2 heterocycles. The van der Waals surface area contributed by atoms with E-state index < -0.39 is 62.9 Å². The summed E-state index contributed by atoms with van der Waals surface area (Å²) in [6, 6.07) is 3.60. The van der Waals surface area contributed by atoms with E-state index in [0.717, 1.165) is 5.06 Å². The summed E-state index contributed by atoms with van der Waals surface area (Å²) in [6.45, 7) is -0.477. The zero-order chi connectivity index (χ0) is 19.9. The van der Waals surface area contributed by atoms with Crippen LogP contribution in [0.15, 0.2) is 24.4 Å². The first kappa shape index (κ1) is 19.5. The van der Waals surface area contributed by atoms with Crippen molar-refractivity contribution < 1.29 is 39.4 Å². The van der Waals surface area contributed by atoms with Crippen LogP contribution < -0.4 is 4.18 Å². The summed E-state index contributed by atoms with van der Waals surface area (Å²) in [7, 11) is -3.48. The maximum absolute atomic E-state index is 13.8. The number of hydrogen-bond donors (Lipinski definition) is 0. The van der Waals surface area contributed by atoms with Crippen molar-refractivity contribution in [1.29, 1.82) is 0 Å². The van der Waals surface area contributed by atoms with Gasteiger partial charge in [0.25, 0.3) is 0 Å². The molecule has 0 aliphatic carbocycles. The zero-order valence-electron chi connectivity index (χ0n) is 13.5. The molecule has 3 rings (SSSR count). The van der Waals surface area contributed by atoms with Gasteiger partial charge in [0.05, 0.1) is 18.3 Å². The third-order valence-corrected chi connectivity index (χ3v) is 5.45. The van der Waals surface area contributed by atoms with Gasteiger partial charge in [-0.2, -0.15) is 22.3 Å². The first-order chi connectivity index (χ1) is 12.6. The van der Waals surface area contributed by atoms with Crippen LogP contribution in [0.4, 0.5) is 22.0 Å².